The molecule has 0 aliphatic carbocycles. The number of methoxy groups -OCH3 is 2. The Labute approximate surface area is 114 Å². The monoisotopic (exact) mass is 266 g/mol. The molecule has 0 aliphatic rings. The molecule has 0 aromatic heterocycles. The molecule has 0 saturated heterocycles. The number of carbonyl (C=O) groups excluding carboxylic acids is 1. The molecule has 4 heteroatoms. The molecule has 0 atom stereocenters. The van der Waals surface area contributed by atoms with Gasteiger partial charge < -0.3 is 14.2 Å². The molecule has 106 valence electrons. The molecule has 0 fully saturated rings. The second kappa shape index (κ2) is 8.40. The minimum absolute atomic E-state index is 0.168. The molecule has 0 unspecified atom stereocenters. The van der Waals surface area contributed by atoms with Gasteiger partial charge >= 0.3 is 5.97 Å². The van der Waals surface area contributed by atoms with Gasteiger partial charge in [-0.3, -0.25) is 4.79 Å². The van der Waals surface area contributed by atoms with Crippen molar-refractivity contribution in [3.8, 4) is 11.5 Å². The van der Waals surface area contributed by atoms with E-state index in [4.69, 9.17) is 14.2 Å². The highest BCUT2D eigenvalue weighted by Gasteiger charge is 2.08. The number of rotatable bonds is 8. The molecule has 0 amide bonds. The van der Waals surface area contributed by atoms with Crippen molar-refractivity contribution in [2.45, 2.75) is 39.2 Å². The van der Waals surface area contributed by atoms with Crippen molar-refractivity contribution in [1.29, 1.82) is 0 Å². The highest BCUT2D eigenvalue weighted by atomic mass is 16.5. The smallest absolute Gasteiger partial charge is 0.306 e. The number of ether oxygens (including phenoxy) is 3. The Hall–Kier alpha value is -1.71. The van der Waals surface area contributed by atoms with Crippen molar-refractivity contribution >= 4 is 5.97 Å². The van der Waals surface area contributed by atoms with Gasteiger partial charge in [-0.2, -0.15) is 0 Å². The fourth-order valence-corrected chi connectivity index (χ4v) is 1.74. The molecule has 0 radical (unpaired) electrons. The average molecular weight is 266 g/mol. The second-order valence-corrected chi connectivity index (χ2v) is 4.30. The number of esters is 1. The predicted molar refractivity (Wildman–Crippen MR) is 73.5 cm³/mol. The Bertz CT molecular complexity index is 401. The first-order valence-corrected chi connectivity index (χ1v) is 6.57. The lowest BCUT2D eigenvalue weighted by molar-refractivity contribution is -0.145. The van der Waals surface area contributed by atoms with Gasteiger partial charge in [0.2, 0.25) is 0 Å². The summed E-state index contributed by atoms with van der Waals surface area (Å²) in [6.07, 6.45) is 3.50. The van der Waals surface area contributed by atoms with Crippen LogP contribution in [0.15, 0.2) is 18.2 Å². The lowest BCUT2D eigenvalue weighted by atomic mass is 10.2. The van der Waals surface area contributed by atoms with Gasteiger partial charge in [-0.1, -0.05) is 19.8 Å². The Morgan fingerprint density at radius 1 is 1.16 bits per heavy atom. The number of hydrogen-bond donors (Lipinski definition) is 0. The van der Waals surface area contributed by atoms with Crippen molar-refractivity contribution in [3.63, 3.8) is 0 Å². The first kappa shape index (κ1) is 15.3. The maximum Gasteiger partial charge on any atom is 0.306 e. The maximum absolute atomic E-state index is 11.6. The molecule has 0 aliphatic heterocycles. The van der Waals surface area contributed by atoms with Crippen molar-refractivity contribution in [1.82, 2.24) is 0 Å². The zero-order valence-electron chi connectivity index (χ0n) is 11.9. The normalized spacial score (nSPS) is 10.1. The summed E-state index contributed by atoms with van der Waals surface area (Å²) < 4.78 is 15.6. The van der Waals surface area contributed by atoms with Crippen LogP contribution in [0.25, 0.3) is 0 Å². The van der Waals surface area contributed by atoms with Gasteiger partial charge in [0.25, 0.3) is 0 Å². The van der Waals surface area contributed by atoms with Crippen LogP contribution in [0.2, 0.25) is 0 Å². The number of hydrogen-bond acceptors (Lipinski definition) is 4. The zero-order valence-corrected chi connectivity index (χ0v) is 11.9. The van der Waals surface area contributed by atoms with Crippen LogP contribution < -0.4 is 9.47 Å². The average Bonchev–Trinajstić information content (AvgIpc) is 2.45. The zero-order chi connectivity index (χ0) is 14.1. The van der Waals surface area contributed by atoms with Gasteiger partial charge in [0.1, 0.15) is 18.1 Å². The van der Waals surface area contributed by atoms with E-state index in [9.17, 15) is 4.79 Å². The summed E-state index contributed by atoms with van der Waals surface area (Å²) in [6, 6.07) is 5.43. The van der Waals surface area contributed by atoms with E-state index in [0.717, 1.165) is 30.6 Å². The van der Waals surface area contributed by atoms with E-state index in [1.807, 2.05) is 12.1 Å². The third kappa shape index (κ3) is 5.20. The Morgan fingerprint density at radius 3 is 2.58 bits per heavy atom. The van der Waals surface area contributed by atoms with Gasteiger partial charge in [-0.05, 0) is 24.6 Å². The fourth-order valence-electron chi connectivity index (χ4n) is 1.74. The standard InChI is InChI=1S/C15H22O4/c1-4-5-6-7-15(16)19-11-12-10-13(17-2)8-9-14(12)18-3/h8-10H,4-7,11H2,1-3H3. The first-order chi connectivity index (χ1) is 9.21. The lowest BCUT2D eigenvalue weighted by Crippen LogP contribution is -2.05. The van der Waals surface area contributed by atoms with Crippen LogP contribution in [0.5, 0.6) is 11.5 Å². The molecule has 0 heterocycles. The van der Waals surface area contributed by atoms with Gasteiger partial charge in [0, 0.05) is 12.0 Å². The molecule has 0 saturated carbocycles. The largest absolute Gasteiger partial charge is 0.497 e. The number of carbonyl (C=O) groups is 1. The van der Waals surface area contributed by atoms with Crippen molar-refractivity contribution in [2.24, 2.45) is 0 Å². The van der Waals surface area contributed by atoms with E-state index < -0.39 is 0 Å². The van der Waals surface area contributed by atoms with Crippen LogP contribution in [0.3, 0.4) is 0 Å². The summed E-state index contributed by atoms with van der Waals surface area (Å²) in [7, 11) is 3.19. The van der Waals surface area contributed by atoms with Crippen molar-refractivity contribution in [3.05, 3.63) is 23.8 Å². The van der Waals surface area contributed by atoms with Crippen LogP contribution in [-0.2, 0) is 16.1 Å². The molecule has 19 heavy (non-hydrogen) atoms. The van der Waals surface area contributed by atoms with Crippen LogP contribution in [0.4, 0.5) is 0 Å². The summed E-state index contributed by atoms with van der Waals surface area (Å²) in [5, 5.41) is 0. The molecule has 1 aromatic carbocycles. The number of benzene rings is 1. The molecule has 0 N–H and O–H groups in total. The first-order valence-electron chi connectivity index (χ1n) is 6.57. The molecular weight excluding hydrogens is 244 g/mol. The Morgan fingerprint density at radius 2 is 1.95 bits per heavy atom. The lowest BCUT2D eigenvalue weighted by Gasteiger charge is -2.11. The summed E-state index contributed by atoms with van der Waals surface area (Å²) >= 11 is 0. The van der Waals surface area contributed by atoms with Gasteiger partial charge in [0.05, 0.1) is 14.2 Å². The quantitative estimate of drug-likeness (QED) is 0.535. The molecule has 4 nitrogen and oxygen atoms in total. The minimum atomic E-state index is -0.168. The van der Waals surface area contributed by atoms with Crippen molar-refractivity contribution in [2.75, 3.05) is 14.2 Å². The number of unbranched alkanes of at least 4 members (excludes halogenated alkanes) is 2. The topological polar surface area (TPSA) is 44.8 Å². The van der Waals surface area contributed by atoms with Crippen LogP contribution in [0, 0.1) is 0 Å². The maximum atomic E-state index is 11.6. The molecule has 0 spiro atoms. The SMILES string of the molecule is CCCCCC(=O)OCc1cc(OC)ccc1OC. The van der Waals surface area contributed by atoms with Crippen LogP contribution in [-0.4, -0.2) is 20.2 Å². The molecule has 0 bridgehead atoms. The van der Waals surface area contributed by atoms with Gasteiger partial charge in [-0.15, -0.1) is 0 Å². The van der Waals surface area contributed by atoms with Gasteiger partial charge in [-0.25, -0.2) is 0 Å². The molecule has 1 aromatic rings. The van der Waals surface area contributed by atoms with E-state index in [2.05, 4.69) is 6.92 Å². The third-order valence-electron chi connectivity index (χ3n) is 2.86. The third-order valence-corrected chi connectivity index (χ3v) is 2.86. The minimum Gasteiger partial charge on any atom is -0.497 e. The summed E-state index contributed by atoms with van der Waals surface area (Å²) in [4.78, 5) is 11.6. The Balaban J connectivity index is 2.53. The van der Waals surface area contributed by atoms with E-state index in [1.165, 1.54) is 0 Å². The predicted octanol–water partition coefficient (Wildman–Crippen LogP) is 3.33. The highest BCUT2D eigenvalue weighted by Crippen LogP contribution is 2.24. The molecular formula is C15H22O4. The Kier molecular flexibility index (Phi) is 6.79. The van der Waals surface area contributed by atoms with E-state index >= 15 is 0 Å². The highest BCUT2D eigenvalue weighted by molar-refractivity contribution is 5.69. The van der Waals surface area contributed by atoms with E-state index in [1.54, 1.807) is 20.3 Å². The summed E-state index contributed by atoms with van der Waals surface area (Å²) in [5.74, 6) is 1.25. The van der Waals surface area contributed by atoms with E-state index in [0.29, 0.717) is 12.2 Å². The van der Waals surface area contributed by atoms with Crippen LogP contribution in [0.1, 0.15) is 38.2 Å². The summed E-state index contributed by atoms with van der Waals surface area (Å²) in [5.41, 5.74) is 0.811. The van der Waals surface area contributed by atoms with Crippen molar-refractivity contribution < 1.29 is 19.0 Å². The van der Waals surface area contributed by atoms with Crippen LogP contribution >= 0.6 is 0 Å². The molecule has 1 rings (SSSR count). The second-order valence-electron chi connectivity index (χ2n) is 4.30. The fraction of sp³-hybridized carbons (Fsp3) is 0.533. The summed E-state index contributed by atoms with van der Waals surface area (Å²) in [6.45, 7) is 2.32. The van der Waals surface area contributed by atoms with E-state index in [-0.39, 0.29) is 12.6 Å². The van der Waals surface area contributed by atoms with Gasteiger partial charge in [0.15, 0.2) is 0 Å².